The molecule has 28 heavy (non-hydrogen) atoms. The second-order valence-electron chi connectivity index (χ2n) is 5.59. The molecule has 0 aliphatic heterocycles. The third kappa shape index (κ3) is 4.55. The molecule has 3 rings (SSSR count). The number of H-pyrrole nitrogens is 1. The van der Waals surface area contributed by atoms with Gasteiger partial charge >= 0.3 is 0 Å². The topological polar surface area (TPSA) is 97.8 Å². The van der Waals surface area contributed by atoms with Crippen LogP contribution in [0.25, 0.3) is 11.0 Å². The van der Waals surface area contributed by atoms with Gasteiger partial charge in [-0.15, -0.1) is 0 Å². The van der Waals surface area contributed by atoms with Crippen LogP contribution in [0.2, 0.25) is 0 Å². The number of imidazole rings is 1. The minimum Gasteiger partial charge on any atom is -0.496 e. The minimum absolute atomic E-state index is 0.175. The Morgan fingerprint density at radius 1 is 1.18 bits per heavy atom. The molecule has 0 unspecified atom stereocenters. The van der Waals surface area contributed by atoms with E-state index < -0.39 is 0 Å². The van der Waals surface area contributed by atoms with Crippen molar-refractivity contribution in [1.29, 1.82) is 0 Å². The largest absolute Gasteiger partial charge is 0.496 e. The molecule has 0 bridgehead atoms. The summed E-state index contributed by atoms with van der Waals surface area (Å²) in [4.78, 5) is 19.6. The number of rotatable bonds is 8. The number of thioether (sulfide) groups is 1. The molecule has 0 saturated carbocycles. The molecule has 0 aliphatic carbocycles. The number of hydrazone groups is 1. The van der Waals surface area contributed by atoms with Crippen molar-refractivity contribution in [2.75, 3.05) is 27.1 Å². The van der Waals surface area contributed by atoms with E-state index in [0.717, 1.165) is 11.0 Å². The number of aromatic amines is 1. The predicted octanol–water partition coefficient (Wildman–Crippen LogP) is 2.83. The average molecular weight is 400 g/mol. The number of amides is 1. The zero-order chi connectivity index (χ0) is 19.9. The number of carbonyl (C=O) groups excluding carboxylic acids is 1. The average Bonchev–Trinajstić information content (AvgIpc) is 3.15. The first-order chi connectivity index (χ1) is 13.6. The highest BCUT2D eigenvalue weighted by Gasteiger charge is 2.12. The summed E-state index contributed by atoms with van der Waals surface area (Å²) in [6, 6.07) is 11.1. The van der Waals surface area contributed by atoms with E-state index in [1.165, 1.54) is 32.2 Å². The fraction of sp³-hybridized carbons (Fsp3) is 0.211. The maximum Gasteiger partial charge on any atom is 0.250 e. The fourth-order valence-corrected chi connectivity index (χ4v) is 3.17. The number of fused-ring (bicyclic) bond motifs is 1. The number of para-hydroxylation sites is 2. The SMILES string of the molecule is COc1cc(OC)c(/C=N\NC(=O)CSc2nc3ccccc3[nH]2)c(OC)c1. The van der Waals surface area contributed by atoms with Crippen LogP contribution in [-0.2, 0) is 4.79 Å². The second kappa shape index (κ2) is 9.14. The number of nitrogens with zero attached hydrogens (tertiary/aromatic N) is 2. The Morgan fingerprint density at radius 3 is 2.54 bits per heavy atom. The lowest BCUT2D eigenvalue weighted by Gasteiger charge is -2.12. The molecule has 2 N–H and O–H groups in total. The molecule has 0 aliphatic rings. The standard InChI is InChI=1S/C19H20N4O4S/c1-25-12-8-16(26-2)13(17(9-12)27-3)10-20-23-18(24)11-28-19-21-14-6-4-5-7-15(14)22-19/h4-10H,11H2,1-3H3,(H,21,22)(H,23,24)/b20-10-. The molecule has 1 aromatic heterocycles. The quantitative estimate of drug-likeness (QED) is 0.343. The molecule has 0 atom stereocenters. The van der Waals surface area contributed by atoms with Gasteiger partial charge in [0.05, 0.1) is 49.9 Å². The first-order valence-electron chi connectivity index (χ1n) is 8.34. The summed E-state index contributed by atoms with van der Waals surface area (Å²) < 4.78 is 15.9. The number of ether oxygens (including phenoxy) is 3. The van der Waals surface area contributed by atoms with E-state index in [-0.39, 0.29) is 11.7 Å². The molecule has 9 heteroatoms. The monoisotopic (exact) mass is 400 g/mol. The van der Waals surface area contributed by atoms with Gasteiger partial charge in [-0.1, -0.05) is 23.9 Å². The van der Waals surface area contributed by atoms with Gasteiger partial charge in [0.1, 0.15) is 17.2 Å². The summed E-state index contributed by atoms with van der Waals surface area (Å²) in [7, 11) is 4.63. The van der Waals surface area contributed by atoms with Crippen LogP contribution in [0.15, 0.2) is 46.7 Å². The molecule has 1 amide bonds. The molecule has 0 saturated heterocycles. The van der Waals surface area contributed by atoms with Crippen molar-refractivity contribution >= 4 is 34.9 Å². The summed E-state index contributed by atoms with van der Waals surface area (Å²) in [5.41, 5.74) is 4.88. The number of methoxy groups -OCH3 is 3. The van der Waals surface area contributed by atoms with Crippen molar-refractivity contribution in [3.8, 4) is 17.2 Å². The van der Waals surface area contributed by atoms with Gasteiger partial charge in [0.15, 0.2) is 5.16 Å². The van der Waals surface area contributed by atoms with Crippen LogP contribution < -0.4 is 19.6 Å². The van der Waals surface area contributed by atoms with Crippen molar-refractivity contribution in [2.45, 2.75) is 5.16 Å². The summed E-state index contributed by atoms with van der Waals surface area (Å²) in [6.45, 7) is 0. The Bertz CT molecular complexity index is 945. The highest BCUT2D eigenvalue weighted by Crippen LogP contribution is 2.32. The van der Waals surface area contributed by atoms with Crippen LogP contribution in [-0.4, -0.2) is 49.2 Å². The maximum absolute atomic E-state index is 12.1. The summed E-state index contributed by atoms with van der Waals surface area (Å²) in [6.07, 6.45) is 1.47. The third-order valence-corrected chi connectivity index (χ3v) is 4.72. The Labute approximate surface area is 166 Å². The molecule has 1 heterocycles. The fourth-order valence-electron chi connectivity index (χ4n) is 2.49. The third-order valence-electron chi connectivity index (χ3n) is 3.84. The van der Waals surface area contributed by atoms with Gasteiger partial charge in [-0.3, -0.25) is 4.79 Å². The van der Waals surface area contributed by atoms with Crippen LogP contribution in [0.5, 0.6) is 17.2 Å². The highest BCUT2D eigenvalue weighted by atomic mass is 32.2. The van der Waals surface area contributed by atoms with Crippen molar-refractivity contribution in [3.63, 3.8) is 0 Å². The number of hydrogen-bond acceptors (Lipinski definition) is 7. The zero-order valence-corrected chi connectivity index (χ0v) is 16.5. The molecule has 8 nitrogen and oxygen atoms in total. The van der Waals surface area contributed by atoms with Gasteiger partial charge in [0.25, 0.3) is 5.91 Å². The van der Waals surface area contributed by atoms with Crippen LogP contribution in [0, 0.1) is 0 Å². The number of hydrogen-bond donors (Lipinski definition) is 2. The predicted molar refractivity (Wildman–Crippen MR) is 109 cm³/mol. The number of aromatic nitrogens is 2. The summed E-state index contributed by atoms with van der Waals surface area (Å²) in [5.74, 6) is 1.55. The highest BCUT2D eigenvalue weighted by molar-refractivity contribution is 7.99. The van der Waals surface area contributed by atoms with Gasteiger partial charge in [-0.25, -0.2) is 10.4 Å². The van der Waals surface area contributed by atoms with Crippen molar-refractivity contribution < 1.29 is 19.0 Å². The lowest BCUT2D eigenvalue weighted by Crippen LogP contribution is -2.19. The van der Waals surface area contributed by atoms with E-state index in [9.17, 15) is 4.79 Å². The molecule has 0 radical (unpaired) electrons. The lowest BCUT2D eigenvalue weighted by molar-refractivity contribution is -0.118. The smallest absolute Gasteiger partial charge is 0.250 e. The van der Waals surface area contributed by atoms with Gasteiger partial charge in [-0.05, 0) is 12.1 Å². The van der Waals surface area contributed by atoms with Crippen molar-refractivity contribution in [2.24, 2.45) is 5.10 Å². The second-order valence-corrected chi connectivity index (χ2v) is 6.55. The molecular formula is C19H20N4O4S. The van der Waals surface area contributed by atoms with Crippen molar-refractivity contribution in [1.82, 2.24) is 15.4 Å². The molecule has 2 aromatic carbocycles. The van der Waals surface area contributed by atoms with Gasteiger partial charge in [-0.2, -0.15) is 5.10 Å². The Morgan fingerprint density at radius 2 is 1.89 bits per heavy atom. The molecule has 0 spiro atoms. The summed E-state index contributed by atoms with van der Waals surface area (Å²) in [5, 5.41) is 4.68. The van der Waals surface area contributed by atoms with E-state index in [1.54, 1.807) is 19.2 Å². The van der Waals surface area contributed by atoms with E-state index in [1.807, 2.05) is 24.3 Å². The van der Waals surface area contributed by atoms with Gasteiger partial charge in [0, 0.05) is 12.1 Å². The molecule has 0 fully saturated rings. The summed E-state index contributed by atoms with van der Waals surface area (Å²) >= 11 is 1.30. The lowest BCUT2D eigenvalue weighted by atomic mass is 10.2. The van der Waals surface area contributed by atoms with Gasteiger partial charge in [0.2, 0.25) is 0 Å². The van der Waals surface area contributed by atoms with Crippen LogP contribution in [0.1, 0.15) is 5.56 Å². The number of benzene rings is 2. The zero-order valence-electron chi connectivity index (χ0n) is 15.7. The normalized spacial score (nSPS) is 11.0. The van der Waals surface area contributed by atoms with E-state index in [0.29, 0.717) is 28.0 Å². The van der Waals surface area contributed by atoms with Crippen molar-refractivity contribution in [3.05, 3.63) is 42.0 Å². The Balaban J connectivity index is 1.61. The number of nitrogens with one attached hydrogen (secondary N) is 2. The first-order valence-corrected chi connectivity index (χ1v) is 9.32. The molecule has 3 aromatic rings. The van der Waals surface area contributed by atoms with E-state index >= 15 is 0 Å². The Kier molecular flexibility index (Phi) is 6.38. The number of carbonyl (C=O) groups is 1. The molecular weight excluding hydrogens is 380 g/mol. The van der Waals surface area contributed by atoms with E-state index in [2.05, 4.69) is 20.5 Å². The molecule has 146 valence electrons. The first kappa shape index (κ1) is 19.6. The van der Waals surface area contributed by atoms with Crippen LogP contribution in [0.3, 0.4) is 0 Å². The van der Waals surface area contributed by atoms with Crippen LogP contribution >= 0.6 is 11.8 Å². The Hall–Kier alpha value is -3.20. The maximum atomic E-state index is 12.1. The van der Waals surface area contributed by atoms with Gasteiger partial charge < -0.3 is 19.2 Å². The van der Waals surface area contributed by atoms with E-state index in [4.69, 9.17) is 14.2 Å². The minimum atomic E-state index is -0.256. The van der Waals surface area contributed by atoms with Crippen LogP contribution in [0.4, 0.5) is 0 Å².